The average Bonchev–Trinajstić information content (AvgIpc) is 3.18. The molecule has 0 radical (unpaired) electrons. The average molecular weight is 489 g/mol. The van der Waals surface area contributed by atoms with Crippen LogP contribution in [0.1, 0.15) is 6.42 Å². The molecule has 156 valence electrons. The minimum atomic E-state index is -0.0591. The van der Waals surface area contributed by atoms with Gasteiger partial charge in [0.2, 0.25) is 5.78 Å². The van der Waals surface area contributed by atoms with E-state index in [0.29, 0.717) is 36.7 Å². The summed E-state index contributed by atoms with van der Waals surface area (Å²) in [5.74, 6) is 2.06. The Balaban J connectivity index is 1.60. The van der Waals surface area contributed by atoms with Crippen molar-refractivity contribution in [3.05, 3.63) is 63.4 Å². The fourth-order valence-electron chi connectivity index (χ4n) is 3.24. The van der Waals surface area contributed by atoms with Crippen molar-refractivity contribution in [2.24, 2.45) is 0 Å². The molecular weight excluding hydrogens is 468 g/mol. The number of fused-ring (bicyclic) bond motifs is 3. The van der Waals surface area contributed by atoms with Gasteiger partial charge in [-0.3, -0.25) is 13.8 Å². The van der Waals surface area contributed by atoms with Crippen LogP contribution in [0, 0.1) is 0 Å². The zero-order valence-electron chi connectivity index (χ0n) is 16.5. The lowest BCUT2D eigenvalue weighted by Crippen LogP contribution is -2.24. The van der Waals surface area contributed by atoms with E-state index in [4.69, 9.17) is 9.47 Å². The molecule has 2 aromatic heterocycles. The van der Waals surface area contributed by atoms with Gasteiger partial charge in [0, 0.05) is 30.5 Å². The van der Waals surface area contributed by atoms with Crippen LogP contribution in [-0.4, -0.2) is 45.2 Å². The number of thioether (sulfide) groups is 1. The van der Waals surface area contributed by atoms with Crippen molar-refractivity contribution >= 4 is 44.4 Å². The van der Waals surface area contributed by atoms with E-state index in [1.165, 1.54) is 0 Å². The second kappa shape index (κ2) is 9.63. The Morgan fingerprint density at radius 1 is 1.10 bits per heavy atom. The second-order valence-corrected chi connectivity index (χ2v) is 8.57. The molecule has 9 heteroatoms. The fraction of sp³-hybridized carbons (Fsp3) is 0.286. The van der Waals surface area contributed by atoms with Crippen molar-refractivity contribution in [2.75, 3.05) is 26.1 Å². The molecule has 4 rings (SSSR count). The van der Waals surface area contributed by atoms with Crippen LogP contribution in [0.25, 0.3) is 16.7 Å². The molecule has 7 nitrogen and oxygen atoms in total. The summed E-state index contributed by atoms with van der Waals surface area (Å²) >= 11 is 5.00. The van der Waals surface area contributed by atoms with Crippen LogP contribution in [0.5, 0.6) is 5.75 Å². The van der Waals surface area contributed by atoms with E-state index >= 15 is 0 Å². The van der Waals surface area contributed by atoms with Gasteiger partial charge in [0.25, 0.3) is 5.56 Å². The normalized spacial score (nSPS) is 11.4. The number of ether oxygens (including phenoxy) is 2. The predicted octanol–water partition coefficient (Wildman–Crippen LogP) is 4.01. The highest BCUT2D eigenvalue weighted by Gasteiger charge is 2.16. The topological polar surface area (TPSA) is 70.7 Å². The van der Waals surface area contributed by atoms with Gasteiger partial charge in [0.15, 0.2) is 5.16 Å². The molecule has 0 aliphatic carbocycles. The molecule has 2 aromatic carbocycles. The zero-order chi connectivity index (χ0) is 20.9. The van der Waals surface area contributed by atoms with Crippen molar-refractivity contribution in [3.63, 3.8) is 0 Å². The number of para-hydroxylation sites is 1. The summed E-state index contributed by atoms with van der Waals surface area (Å²) in [5, 5.41) is 10.1. The molecule has 0 fully saturated rings. The van der Waals surface area contributed by atoms with Crippen LogP contribution in [0.15, 0.2) is 63.0 Å². The quantitative estimate of drug-likeness (QED) is 0.261. The lowest BCUT2D eigenvalue weighted by atomic mass is 10.2. The van der Waals surface area contributed by atoms with Crippen LogP contribution in [0.3, 0.4) is 0 Å². The van der Waals surface area contributed by atoms with Crippen LogP contribution in [0.4, 0.5) is 0 Å². The molecule has 0 aliphatic rings. The summed E-state index contributed by atoms with van der Waals surface area (Å²) in [6, 6.07) is 15.3. The Kier molecular flexibility index (Phi) is 6.71. The number of hydrogen-bond acceptors (Lipinski definition) is 6. The van der Waals surface area contributed by atoms with Crippen molar-refractivity contribution in [2.45, 2.75) is 18.1 Å². The number of methoxy groups -OCH3 is 1. The largest absolute Gasteiger partial charge is 0.493 e. The first kappa shape index (κ1) is 20.9. The lowest BCUT2D eigenvalue weighted by molar-refractivity contribution is 0.190. The van der Waals surface area contributed by atoms with Gasteiger partial charge >= 0.3 is 0 Å². The van der Waals surface area contributed by atoms with Crippen molar-refractivity contribution in [1.29, 1.82) is 0 Å². The molecule has 0 spiro atoms. The van der Waals surface area contributed by atoms with Gasteiger partial charge in [0.1, 0.15) is 5.75 Å². The number of halogens is 1. The molecule has 0 unspecified atom stereocenters. The molecule has 0 saturated carbocycles. The van der Waals surface area contributed by atoms with Gasteiger partial charge in [-0.1, -0.05) is 45.9 Å². The minimum Gasteiger partial charge on any atom is -0.493 e. The van der Waals surface area contributed by atoms with E-state index in [0.717, 1.165) is 27.3 Å². The van der Waals surface area contributed by atoms with E-state index in [9.17, 15) is 4.79 Å². The van der Waals surface area contributed by atoms with E-state index in [-0.39, 0.29) is 5.56 Å². The van der Waals surface area contributed by atoms with Crippen LogP contribution in [0.2, 0.25) is 0 Å². The van der Waals surface area contributed by atoms with Gasteiger partial charge < -0.3 is 9.47 Å². The number of benzene rings is 2. The van der Waals surface area contributed by atoms with Gasteiger partial charge in [-0.2, -0.15) is 0 Å². The molecule has 0 amide bonds. The summed E-state index contributed by atoms with van der Waals surface area (Å²) < 4.78 is 15.6. The van der Waals surface area contributed by atoms with E-state index in [2.05, 4.69) is 26.1 Å². The summed E-state index contributed by atoms with van der Waals surface area (Å²) in [4.78, 5) is 13.0. The number of rotatable bonds is 9. The highest BCUT2D eigenvalue weighted by molar-refractivity contribution is 9.10. The zero-order valence-corrected chi connectivity index (χ0v) is 18.9. The Labute approximate surface area is 186 Å². The Hall–Kier alpha value is -2.36. The third kappa shape index (κ3) is 4.38. The highest BCUT2D eigenvalue weighted by atomic mass is 79.9. The molecular formula is C21H21BrN4O3S. The molecule has 0 bridgehead atoms. The SMILES string of the molecule is COCCCn1c(=O)c2ccccc2n2c(SCCOc3cccc(Br)c3)nnc12. The first-order valence-corrected chi connectivity index (χ1v) is 11.3. The van der Waals surface area contributed by atoms with Gasteiger partial charge in [-0.25, -0.2) is 0 Å². The third-order valence-corrected chi connectivity index (χ3v) is 5.97. The number of aromatic nitrogens is 4. The summed E-state index contributed by atoms with van der Waals surface area (Å²) in [6.07, 6.45) is 0.722. The Morgan fingerprint density at radius 2 is 1.97 bits per heavy atom. The fourth-order valence-corrected chi connectivity index (χ4v) is 4.38. The van der Waals surface area contributed by atoms with Gasteiger partial charge in [-0.15, -0.1) is 10.2 Å². The van der Waals surface area contributed by atoms with Crippen molar-refractivity contribution in [1.82, 2.24) is 19.2 Å². The number of nitrogens with zero attached hydrogens (tertiary/aromatic N) is 4. The monoisotopic (exact) mass is 488 g/mol. The molecule has 0 aliphatic heterocycles. The smallest absolute Gasteiger partial charge is 0.262 e. The molecule has 0 atom stereocenters. The van der Waals surface area contributed by atoms with Crippen LogP contribution >= 0.6 is 27.7 Å². The standard InChI is InChI=1S/C21H21BrN4O3S/c1-28-11-5-10-25-19(27)17-8-2-3-9-18(17)26-20(25)23-24-21(26)30-13-12-29-16-7-4-6-15(22)14-16/h2-4,6-9,14H,5,10-13H2,1H3. The van der Waals surface area contributed by atoms with E-state index < -0.39 is 0 Å². The minimum absolute atomic E-state index is 0.0591. The molecule has 4 aromatic rings. The Morgan fingerprint density at radius 3 is 2.80 bits per heavy atom. The van der Waals surface area contributed by atoms with Crippen molar-refractivity contribution < 1.29 is 9.47 Å². The van der Waals surface area contributed by atoms with E-state index in [1.54, 1.807) is 23.4 Å². The Bertz CT molecular complexity index is 1220. The first-order valence-electron chi connectivity index (χ1n) is 9.56. The van der Waals surface area contributed by atoms with Gasteiger partial charge in [0.05, 0.1) is 17.5 Å². The molecule has 0 saturated heterocycles. The van der Waals surface area contributed by atoms with Crippen LogP contribution < -0.4 is 10.3 Å². The van der Waals surface area contributed by atoms with Crippen LogP contribution in [-0.2, 0) is 11.3 Å². The second-order valence-electron chi connectivity index (χ2n) is 6.59. The summed E-state index contributed by atoms with van der Waals surface area (Å²) in [7, 11) is 1.65. The molecule has 0 N–H and O–H groups in total. The summed E-state index contributed by atoms with van der Waals surface area (Å²) in [5.41, 5.74) is 0.747. The third-order valence-electron chi connectivity index (χ3n) is 4.59. The number of aryl methyl sites for hydroxylation is 1. The maximum Gasteiger partial charge on any atom is 0.262 e. The van der Waals surface area contributed by atoms with Gasteiger partial charge in [-0.05, 0) is 36.8 Å². The highest BCUT2D eigenvalue weighted by Crippen LogP contribution is 2.22. The maximum atomic E-state index is 13.0. The molecule has 30 heavy (non-hydrogen) atoms. The first-order chi connectivity index (χ1) is 14.7. The van der Waals surface area contributed by atoms with Crippen molar-refractivity contribution in [3.8, 4) is 5.75 Å². The number of hydrogen-bond donors (Lipinski definition) is 0. The maximum absolute atomic E-state index is 13.0. The van der Waals surface area contributed by atoms with E-state index in [1.807, 2.05) is 52.9 Å². The summed E-state index contributed by atoms with van der Waals surface area (Å²) in [6.45, 7) is 1.63. The lowest BCUT2D eigenvalue weighted by Gasteiger charge is -2.11. The predicted molar refractivity (Wildman–Crippen MR) is 122 cm³/mol. The molecule has 2 heterocycles.